The zero-order chi connectivity index (χ0) is 27.2. The highest BCUT2D eigenvalue weighted by atomic mass is 32.2. The molecular weight excluding hydrogens is 486 g/mol. The second-order valence-corrected chi connectivity index (χ2v) is 12.7. The number of aryl methyl sites for hydroxylation is 2. The molecule has 202 valence electrons. The minimum absolute atomic E-state index is 0.0850. The number of anilines is 1. The number of sulfone groups is 1. The van der Waals surface area contributed by atoms with Gasteiger partial charge in [-0.15, -0.1) is 0 Å². The van der Waals surface area contributed by atoms with E-state index >= 15 is 0 Å². The fourth-order valence-corrected chi connectivity index (χ4v) is 6.27. The summed E-state index contributed by atoms with van der Waals surface area (Å²) in [7, 11) is -1.58. The van der Waals surface area contributed by atoms with Gasteiger partial charge in [0.2, 0.25) is 11.8 Å². The molecule has 0 bridgehead atoms. The van der Waals surface area contributed by atoms with Crippen LogP contribution in [0.5, 0.6) is 0 Å². The summed E-state index contributed by atoms with van der Waals surface area (Å²) in [5, 5.41) is 0. The highest BCUT2D eigenvalue weighted by molar-refractivity contribution is 7.91. The molecule has 0 saturated carbocycles. The van der Waals surface area contributed by atoms with Crippen molar-refractivity contribution in [1.82, 2.24) is 9.80 Å². The van der Waals surface area contributed by atoms with Crippen LogP contribution >= 0.6 is 0 Å². The highest BCUT2D eigenvalue weighted by Gasteiger charge is 2.25. The maximum atomic E-state index is 13.4. The second-order valence-electron chi connectivity index (χ2n) is 10.6. The molecular formula is C29H41N3O4S. The molecule has 1 heterocycles. The van der Waals surface area contributed by atoms with Crippen molar-refractivity contribution in [2.45, 2.75) is 58.4 Å². The van der Waals surface area contributed by atoms with Gasteiger partial charge in [0.1, 0.15) is 0 Å². The summed E-state index contributed by atoms with van der Waals surface area (Å²) in [6.45, 7) is 10.6. The molecule has 1 aliphatic rings. The van der Waals surface area contributed by atoms with Gasteiger partial charge in [0.05, 0.1) is 10.6 Å². The van der Waals surface area contributed by atoms with Crippen LogP contribution in [0.1, 0.15) is 49.8 Å². The monoisotopic (exact) mass is 527 g/mol. The predicted molar refractivity (Wildman–Crippen MR) is 148 cm³/mol. The largest absolute Gasteiger partial charge is 0.337 e. The van der Waals surface area contributed by atoms with Gasteiger partial charge in [-0.2, -0.15) is 0 Å². The quantitative estimate of drug-likeness (QED) is 0.562. The Bertz CT molecular complexity index is 1210. The van der Waals surface area contributed by atoms with E-state index in [0.29, 0.717) is 43.1 Å². The molecule has 0 unspecified atom stereocenters. The third kappa shape index (κ3) is 7.89. The van der Waals surface area contributed by atoms with Crippen molar-refractivity contribution in [3.63, 3.8) is 0 Å². The van der Waals surface area contributed by atoms with Gasteiger partial charge < -0.3 is 14.7 Å². The van der Waals surface area contributed by atoms with Gasteiger partial charge in [-0.3, -0.25) is 9.59 Å². The molecule has 0 aromatic heterocycles. The lowest BCUT2D eigenvalue weighted by Crippen LogP contribution is -2.38. The van der Waals surface area contributed by atoms with Gasteiger partial charge in [-0.1, -0.05) is 44.2 Å². The van der Waals surface area contributed by atoms with Crippen molar-refractivity contribution < 1.29 is 18.0 Å². The van der Waals surface area contributed by atoms with E-state index in [1.165, 1.54) is 0 Å². The summed E-state index contributed by atoms with van der Waals surface area (Å²) >= 11 is 0. The molecule has 0 spiro atoms. The normalized spacial score (nSPS) is 15.8. The first-order valence-corrected chi connectivity index (χ1v) is 14.8. The number of rotatable bonds is 6. The van der Waals surface area contributed by atoms with Gasteiger partial charge in [0, 0.05) is 44.7 Å². The van der Waals surface area contributed by atoms with Crippen LogP contribution in [0.4, 0.5) is 5.69 Å². The standard InChI is InChI=1S/C29H41N3O4S/c1-22(2)19-29(34)32-15-8-14-30(5)16-17-31(21-25-9-6-7-10-26(25)32)28(33)13-18-37(35,36)27-20-23(3)11-12-24(27)4/h6-7,9-12,20,22H,8,13-19,21H2,1-5H3. The van der Waals surface area contributed by atoms with Crippen molar-refractivity contribution in [2.24, 2.45) is 5.92 Å². The molecule has 7 nitrogen and oxygen atoms in total. The molecule has 2 amide bonds. The van der Waals surface area contributed by atoms with Gasteiger partial charge in [-0.25, -0.2) is 8.42 Å². The van der Waals surface area contributed by atoms with Gasteiger partial charge in [0.15, 0.2) is 9.84 Å². The molecule has 3 rings (SSSR count). The molecule has 0 atom stereocenters. The number of fused-ring (bicyclic) bond motifs is 1. The molecule has 0 saturated heterocycles. The maximum absolute atomic E-state index is 13.4. The number of benzene rings is 2. The summed E-state index contributed by atoms with van der Waals surface area (Å²) in [4.78, 5) is 32.7. The molecule has 0 radical (unpaired) electrons. The molecule has 37 heavy (non-hydrogen) atoms. The number of carbonyl (C=O) groups excluding carboxylic acids is 2. The van der Waals surface area contributed by atoms with Crippen LogP contribution in [-0.2, 0) is 26.0 Å². The Morgan fingerprint density at radius 1 is 0.946 bits per heavy atom. The van der Waals surface area contributed by atoms with E-state index in [-0.39, 0.29) is 29.9 Å². The highest BCUT2D eigenvalue weighted by Crippen LogP contribution is 2.25. The zero-order valence-corrected chi connectivity index (χ0v) is 23.7. The SMILES string of the molecule is Cc1ccc(C)c(S(=O)(=O)CCC(=O)N2CCN(C)CCCN(C(=O)CC(C)C)c3ccccc3C2)c1. The van der Waals surface area contributed by atoms with Gasteiger partial charge in [0.25, 0.3) is 0 Å². The lowest BCUT2D eigenvalue weighted by Gasteiger charge is -2.28. The van der Waals surface area contributed by atoms with E-state index in [1.54, 1.807) is 24.0 Å². The van der Waals surface area contributed by atoms with E-state index < -0.39 is 9.84 Å². The van der Waals surface area contributed by atoms with Crippen LogP contribution in [0.25, 0.3) is 0 Å². The van der Waals surface area contributed by atoms with E-state index in [0.717, 1.165) is 29.8 Å². The van der Waals surface area contributed by atoms with Crippen LogP contribution in [0.3, 0.4) is 0 Å². The molecule has 8 heteroatoms. The molecule has 2 aromatic rings. The third-order valence-electron chi connectivity index (χ3n) is 6.82. The summed E-state index contributed by atoms with van der Waals surface area (Å²) in [5.41, 5.74) is 3.29. The fraction of sp³-hybridized carbons (Fsp3) is 0.517. The van der Waals surface area contributed by atoms with E-state index in [2.05, 4.69) is 4.90 Å². The van der Waals surface area contributed by atoms with Crippen molar-refractivity contribution in [1.29, 1.82) is 0 Å². The summed E-state index contributed by atoms with van der Waals surface area (Å²) in [6.07, 6.45) is 1.21. The number of likely N-dealkylation sites (N-methyl/N-ethyl adjacent to an activating group) is 1. The Morgan fingerprint density at radius 3 is 2.41 bits per heavy atom. The Hall–Kier alpha value is -2.71. The number of carbonyl (C=O) groups is 2. The summed E-state index contributed by atoms with van der Waals surface area (Å²) in [6, 6.07) is 13.1. The Labute approximate surface area is 222 Å². The van der Waals surface area contributed by atoms with Gasteiger partial charge in [-0.05, 0) is 68.6 Å². The van der Waals surface area contributed by atoms with Crippen LogP contribution in [0.15, 0.2) is 47.4 Å². The fourth-order valence-electron chi connectivity index (χ4n) is 4.68. The Kier molecular flexibility index (Phi) is 9.90. The topological polar surface area (TPSA) is 78.0 Å². The first-order chi connectivity index (χ1) is 17.5. The Morgan fingerprint density at radius 2 is 1.68 bits per heavy atom. The summed E-state index contributed by atoms with van der Waals surface area (Å²) in [5.74, 6) is -0.0980. The van der Waals surface area contributed by atoms with E-state index in [9.17, 15) is 18.0 Å². The van der Waals surface area contributed by atoms with Crippen LogP contribution in [0.2, 0.25) is 0 Å². The maximum Gasteiger partial charge on any atom is 0.227 e. The smallest absolute Gasteiger partial charge is 0.227 e. The van der Waals surface area contributed by atoms with E-state index in [4.69, 9.17) is 0 Å². The molecule has 2 aromatic carbocycles. The third-order valence-corrected chi connectivity index (χ3v) is 8.67. The average molecular weight is 528 g/mol. The molecule has 0 N–H and O–H groups in total. The lowest BCUT2D eigenvalue weighted by molar-refractivity contribution is -0.131. The van der Waals surface area contributed by atoms with Crippen molar-refractivity contribution in [3.05, 3.63) is 59.2 Å². The van der Waals surface area contributed by atoms with Crippen LogP contribution in [-0.4, -0.2) is 69.0 Å². The first-order valence-electron chi connectivity index (χ1n) is 13.1. The molecule has 0 aliphatic carbocycles. The Balaban J connectivity index is 1.85. The van der Waals surface area contributed by atoms with Crippen molar-refractivity contribution in [3.8, 4) is 0 Å². The average Bonchev–Trinajstić information content (AvgIpc) is 2.87. The number of amides is 2. The first kappa shape index (κ1) is 28.9. The molecule has 0 fully saturated rings. The number of hydrogen-bond acceptors (Lipinski definition) is 5. The lowest BCUT2D eigenvalue weighted by atomic mass is 10.1. The van der Waals surface area contributed by atoms with Gasteiger partial charge >= 0.3 is 0 Å². The number of hydrogen-bond donors (Lipinski definition) is 0. The van der Waals surface area contributed by atoms with E-state index in [1.807, 2.05) is 63.1 Å². The van der Waals surface area contributed by atoms with Crippen molar-refractivity contribution >= 4 is 27.3 Å². The zero-order valence-electron chi connectivity index (χ0n) is 22.9. The number of nitrogens with zero attached hydrogens (tertiary/aromatic N) is 3. The molecule has 1 aliphatic heterocycles. The van der Waals surface area contributed by atoms with Crippen molar-refractivity contribution in [2.75, 3.05) is 43.9 Å². The van der Waals surface area contributed by atoms with Crippen LogP contribution < -0.4 is 4.90 Å². The predicted octanol–water partition coefficient (Wildman–Crippen LogP) is 4.21. The van der Waals surface area contributed by atoms with Crippen LogP contribution in [0, 0.1) is 19.8 Å². The minimum Gasteiger partial charge on any atom is -0.337 e. The number of para-hydroxylation sites is 1. The minimum atomic E-state index is -3.60. The second kappa shape index (κ2) is 12.7. The summed E-state index contributed by atoms with van der Waals surface area (Å²) < 4.78 is 26.2.